The molecular formula is C24H31N3O. The number of para-hydroxylation sites is 1. The third-order valence-electron chi connectivity index (χ3n) is 6.24. The topological polar surface area (TPSA) is 30.3 Å². The van der Waals surface area contributed by atoms with Gasteiger partial charge in [-0.25, -0.2) is 0 Å². The molecule has 1 aliphatic heterocycles. The van der Waals surface area contributed by atoms with Crippen LogP contribution in [-0.2, 0) is 7.05 Å². The van der Waals surface area contributed by atoms with Crippen LogP contribution in [0.5, 0.6) is 5.75 Å². The second kappa shape index (κ2) is 8.26. The van der Waals surface area contributed by atoms with Crippen molar-refractivity contribution in [2.75, 3.05) is 0 Å². The van der Waals surface area contributed by atoms with E-state index in [-0.39, 0.29) is 6.04 Å². The van der Waals surface area contributed by atoms with Crippen LogP contribution in [0.4, 0.5) is 0 Å². The molecule has 148 valence electrons. The Kier molecular flexibility index (Phi) is 5.56. The molecule has 2 aromatic rings. The van der Waals surface area contributed by atoms with E-state index in [9.17, 15) is 0 Å². The predicted octanol–water partition coefficient (Wildman–Crippen LogP) is 5.53. The van der Waals surface area contributed by atoms with E-state index in [1.807, 2.05) is 36.1 Å². The fourth-order valence-electron chi connectivity index (χ4n) is 4.53. The van der Waals surface area contributed by atoms with Gasteiger partial charge in [0.2, 0.25) is 0 Å². The van der Waals surface area contributed by atoms with Crippen LogP contribution in [0.15, 0.2) is 60.8 Å². The molecule has 1 unspecified atom stereocenters. The first-order chi connectivity index (χ1) is 13.6. The average molecular weight is 378 g/mol. The van der Waals surface area contributed by atoms with Gasteiger partial charge in [-0.05, 0) is 56.4 Å². The predicted molar refractivity (Wildman–Crippen MR) is 113 cm³/mol. The molecule has 28 heavy (non-hydrogen) atoms. The average Bonchev–Trinajstić information content (AvgIpc) is 3.16. The van der Waals surface area contributed by atoms with Crippen LogP contribution in [0.3, 0.4) is 0 Å². The zero-order valence-electron chi connectivity index (χ0n) is 17.2. The van der Waals surface area contributed by atoms with Crippen molar-refractivity contribution in [2.45, 2.75) is 58.0 Å². The van der Waals surface area contributed by atoms with Crippen LogP contribution in [0.1, 0.15) is 56.2 Å². The molecule has 0 saturated heterocycles. The summed E-state index contributed by atoms with van der Waals surface area (Å²) in [5.74, 6) is 2.57. The van der Waals surface area contributed by atoms with E-state index in [0.29, 0.717) is 6.04 Å². The Morgan fingerprint density at radius 1 is 1.14 bits per heavy atom. The van der Waals surface area contributed by atoms with Crippen molar-refractivity contribution in [2.24, 2.45) is 13.0 Å². The number of aromatic nitrogens is 2. The fourth-order valence-corrected chi connectivity index (χ4v) is 4.53. The summed E-state index contributed by atoms with van der Waals surface area (Å²) >= 11 is 0. The maximum absolute atomic E-state index is 6.24. The smallest absolute Gasteiger partial charge is 0.130 e. The number of allylic oxidation sites excluding steroid dienone is 1. The van der Waals surface area contributed by atoms with Crippen LogP contribution >= 0.6 is 0 Å². The van der Waals surface area contributed by atoms with Crippen molar-refractivity contribution in [3.05, 3.63) is 71.9 Å². The summed E-state index contributed by atoms with van der Waals surface area (Å²) in [6, 6.07) is 8.82. The van der Waals surface area contributed by atoms with Gasteiger partial charge < -0.3 is 9.64 Å². The highest BCUT2D eigenvalue weighted by Crippen LogP contribution is 2.36. The molecular weight excluding hydrogens is 346 g/mol. The molecule has 4 nitrogen and oxygen atoms in total. The minimum atomic E-state index is 0.148. The molecule has 1 aliphatic carbocycles. The summed E-state index contributed by atoms with van der Waals surface area (Å²) in [5.41, 5.74) is 2.35. The number of ether oxygens (including phenoxy) is 1. The first-order valence-corrected chi connectivity index (χ1v) is 10.5. The molecule has 0 spiro atoms. The van der Waals surface area contributed by atoms with Crippen LogP contribution in [0, 0.1) is 12.8 Å². The molecule has 0 radical (unpaired) electrons. The third kappa shape index (κ3) is 4.01. The van der Waals surface area contributed by atoms with Crippen LogP contribution in [0.25, 0.3) is 0 Å². The Hall–Kier alpha value is -2.49. The Morgan fingerprint density at radius 3 is 2.64 bits per heavy atom. The summed E-state index contributed by atoms with van der Waals surface area (Å²) in [6.07, 6.45) is 17.5. The highest BCUT2D eigenvalue weighted by Gasteiger charge is 2.30. The normalized spacial score (nSPS) is 21.5. The van der Waals surface area contributed by atoms with Gasteiger partial charge in [0, 0.05) is 31.0 Å². The summed E-state index contributed by atoms with van der Waals surface area (Å²) < 4.78 is 8.12. The van der Waals surface area contributed by atoms with Crippen molar-refractivity contribution in [3.63, 3.8) is 0 Å². The monoisotopic (exact) mass is 377 g/mol. The van der Waals surface area contributed by atoms with Crippen molar-refractivity contribution < 1.29 is 4.74 Å². The van der Waals surface area contributed by atoms with Crippen molar-refractivity contribution in [3.8, 4) is 5.75 Å². The van der Waals surface area contributed by atoms with Crippen LogP contribution in [0.2, 0.25) is 0 Å². The standard InChI is InChI=1S/C24H31N3O/c1-18-9-7-8-12-24(18)28-22-13-14-27(19(2)20-10-5-4-6-11-20)23(15-22)21-16-25-26(3)17-21/h7-9,12-17,19-20,23H,4-6,10-11H2,1-3H3/t19-,23?/m1/s1. The quantitative estimate of drug-likeness (QED) is 0.686. The summed E-state index contributed by atoms with van der Waals surface area (Å²) in [4.78, 5) is 2.50. The van der Waals surface area contributed by atoms with E-state index in [2.05, 4.69) is 54.5 Å². The second-order valence-corrected chi connectivity index (χ2v) is 8.23. The van der Waals surface area contributed by atoms with Gasteiger partial charge in [0.1, 0.15) is 11.5 Å². The van der Waals surface area contributed by atoms with Gasteiger partial charge >= 0.3 is 0 Å². The lowest BCUT2D eigenvalue weighted by Gasteiger charge is -2.41. The molecule has 1 saturated carbocycles. The Balaban J connectivity index is 1.60. The van der Waals surface area contributed by atoms with Gasteiger partial charge in [-0.2, -0.15) is 5.10 Å². The molecule has 1 fully saturated rings. The number of hydrogen-bond donors (Lipinski definition) is 0. The van der Waals surface area contributed by atoms with Crippen molar-refractivity contribution in [1.29, 1.82) is 0 Å². The third-order valence-corrected chi connectivity index (χ3v) is 6.24. The maximum atomic E-state index is 6.24. The lowest BCUT2D eigenvalue weighted by molar-refractivity contribution is 0.150. The van der Waals surface area contributed by atoms with Gasteiger partial charge in [0.05, 0.1) is 12.2 Å². The Labute approximate surface area is 168 Å². The molecule has 2 heterocycles. The number of nitrogens with zero attached hydrogens (tertiary/aromatic N) is 3. The van der Waals surface area contributed by atoms with Crippen LogP contribution < -0.4 is 4.74 Å². The van der Waals surface area contributed by atoms with E-state index in [1.54, 1.807) is 0 Å². The molecule has 1 aromatic carbocycles. The zero-order valence-corrected chi connectivity index (χ0v) is 17.2. The largest absolute Gasteiger partial charge is 0.457 e. The van der Waals surface area contributed by atoms with Gasteiger partial charge in [-0.15, -0.1) is 0 Å². The van der Waals surface area contributed by atoms with Crippen molar-refractivity contribution >= 4 is 0 Å². The summed E-state index contributed by atoms with van der Waals surface area (Å²) in [6.45, 7) is 4.46. The van der Waals surface area contributed by atoms with E-state index in [0.717, 1.165) is 23.0 Å². The van der Waals surface area contributed by atoms with E-state index in [4.69, 9.17) is 4.74 Å². The second-order valence-electron chi connectivity index (χ2n) is 8.23. The molecule has 4 heteroatoms. The molecule has 0 bridgehead atoms. The van der Waals surface area contributed by atoms with Crippen molar-refractivity contribution in [1.82, 2.24) is 14.7 Å². The molecule has 4 rings (SSSR count). The minimum absolute atomic E-state index is 0.148. The van der Waals surface area contributed by atoms with Gasteiger partial charge in [-0.3, -0.25) is 4.68 Å². The van der Waals surface area contributed by atoms with Crippen LogP contribution in [-0.4, -0.2) is 20.7 Å². The number of benzene rings is 1. The maximum Gasteiger partial charge on any atom is 0.130 e. The summed E-state index contributed by atoms with van der Waals surface area (Å²) in [5, 5.41) is 4.42. The highest BCUT2D eigenvalue weighted by atomic mass is 16.5. The molecule has 0 N–H and O–H groups in total. The van der Waals surface area contributed by atoms with Gasteiger partial charge in [0.15, 0.2) is 0 Å². The number of hydrogen-bond acceptors (Lipinski definition) is 3. The number of rotatable bonds is 5. The fraction of sp³-hybridized carbons (Fsp3) is 0.458. The van der Waals surface area contributed by atoms with Gasteiger partial charge in [-0.1, -0.05) is 37.5 Å². The Morgan fingerprint density at radius 2 is 1.93 bits per heavy atom. The van der Waals surface area contributed by atoms with E-state index >= 15 is 0 Å². The molecule has 2 atom stereocenters. The summed E-state index contributed by atoms with van der Waals surface area (Å²) in [7, 11) is 1.98. The lowest BCUT2D eigenvalue weighted by Crippen LogP contribution is -2.39. The van der Waals surface area contributed by atoms with E-state index < -0.39 is 0 Å². The minimum Gasteiger partial charge on any atom is -0.457 e. The Bertz CT molecular complexity index is 860. The number of aryl methyl sites for hydroxylation is 2. The first kappa shape index (κ1) is 18.9. The lowest BCUT2D eigenvalue weighted by atomic mass is 9.83. The zero-order chi connectivity index (χ0) is 19.5. The first-order valence-electron chi connectivity index (χ1n) is 10.5. The highest BCUT2D eigenvalue weighted by molar-refractivity contribution is 5.36. The molecule has 1 aromatic heterocycles. The van der Waals surface area contributed by atoms with E-state index in [1.165, 1.54) is 37.7 Å². The van der Waals surface area contributed by atoms with Gasteiger partial charge in [0.25, 0.3) is 0 Å². The molecule has 2 aliphatic rings. The SMILES string of the molecule is Cc1ccccc1OC1=CC(c2cnn(C)c2)N([C@H](C)C2CCCCC2)C=C1. The molecule has 0 amide bonds.